The lowest BCUT2D eigenvalue weighted by atomic mass is 10.3. The SMILES string of the molecule is COC(=O)/C=C\C=C(C)C. The lowest BCUT2D eigenvalue weighted by Crippen LogP contribution is -1.92. The molecule has 0 aliphatic carbocycles. The van der Waals surface area contributed by atoms with Gasteiger partial charge in [-0.25, -0.2) is 4.79 Å². The standard InChI is InChI=1S/C8H12O2/c1-7(2)5-4-6-8(9)10-3/h4-6H,1-3H3/b6-4-. The predicted molar refractivity (Wildman–Crippen MR) is 40.6 cm³/mol. The first-order valence-corrected chi connectivity index (χ1v) is 3.06. The minimum atomic E-state index is -0.322. The number of hydrogen-bond donors (Lipinski definition) is 0. The molecule has 0 N–H and O–H groups in total. The van der Waals surface area contributed by atoms with E-state index in [4.69, 9.17) is 0 Å². The van der Waals surface area contributed by atoms with Crippen LogP contribution in [0.2, 0.25) is 0 Å². The first-order valence-electron chi connectivity index (χ1n) is 3.06. The average molecular weight is 140 g/mol. The fraction of sp³-hybridized carbons (Fsp3) is 0.375. The van der Waals surface area contributed by atoms with Crippen LogP contribution in [-0.2, 0) is 9.53 Å². The topological polar surface area (TPSA) is 26.3 Å². The minimum absolute atomic E-state index is 0.322. The van der Waals surface area contributed by atoms with E-state index in [0.29, 0.717) is 0 Å². The van der Waals surface area contributed by atoms with E-state index in [1.165, 1.54) is 13.2 Å². The number of rotatable bonds is 2. The zero-order valence-corrected chi connectivity index (χ0v) is 6.55. The Balaban J connectivity index is 3.77. The Bertz CT molecular complexity index is 162. The maximum Gasteiger partial charge on any atom is 0.330 e. The highest BCUT2D eigenvalue weighted by atomic mass is 16.5. The number of carbonyl (C=O) groups is 1. The summed E-state index contributed by atoms with van der Waals surface area (Å²) in [4.78, 5) is 10.5. The third-order valence-electron chi connectivity index (χ3n) is 0.863. The molecule has 0 rings (SSSR count). The van der Waals surface area contributed by atoms with E-state index in [9.17, 15) is 4.79 Å². The molecule has 56 valence electrons. The molecule has 2 heteroatoms. The summed E-state index contributed by atoms with van der Waals surface area (Å²) in [6, 6.07) is 0. The number of methoxy groups -OCH3 is 1. The van der Waals surface area contributed by atoms with Crippen molar-refractivity contribution >= 4 is 5.97 Å². The Morgan fingerprint density at radius 1 is 1.40 bits per heavy atom. The molecule has 0 saturated carbocycles. The van der Waals surface area contributed by atoms with Crippen LogP contribution in [0, 0.1) is 0 Å². The Hall–Kier alpha value is -1.05. The Kier molecular flexibility index (Phi) is 4.29. The molecule has 0 heterocycles. The summed E-state index contributed by atoms with van der Waals surface area (Å²) >= 11 is 0. The van der Waals surface area contributed by atoms with Gasteiger partial charge in [0.2, 0.25) is 0 Å². The van der Waals surface area contributed by atoms with E-state index in [-0.39, 0.29) is 5.97 Å². The number of esters is 1. The first kappa shape index (κ1) is 8.95. The number of ether oxygens (including phenoxy) is 1. The van der Waals surface area contributed by atoms with Crippen LogP contribution in [0.5, 0.6) is 0 Å². The van der Waals surface area contributed by atoms with Gasteiger partial charge >= 0.3 is 5.97 Å². The molecule has 0 bridgehead atoms. The largest absolute Gasteiger partial charge is 0.466 e. The zero-order chi connectivity index (χ0) is 7.98. The summed E-state index contributed by atoms with van der Waals surface area (Å²) in [6.07, 6.45) is 4.89. The summed E-state index contributed by atoms with van der Waals surface area (Å²) in [7, 11) is 1.36. The van der Waals surface area contributed by atoms with Crippen LogP contribution < -0.4 is 0 Å². The molecular formula is C8H12O2. The third-order valence-corrected chi connectivity index (χ3v) is 0.863. The van der Waals surface area contributed by atoms with E-state index in [0.717, 1.165) is 5.57 Å². The highest BCUT2D eigenvalue weighted by Crippen LogP contribution is 1.88. The summed E-state index contributed by atoms with van der Waals surface area (Å²) in [5.41, 5.74) is 1.15. The summed E-state index contributed by atoms with van der Waals surface area (Å²) < 4.78 is 4.38. The molecule has 0 spiro atoms. The van der Waals surface area contributed by atoms with Crippen LogP contribution in [0.15, 0.2) is 23.8 Å². The Labute approximate surface area is 61.2 Å². The van der Waals surface area contributed by atoms with Gasteiger partial charge in [-0.05, 0) is 13.8 Å². The molecule has 0 unspecified atom stereocenters. The van der Waals surface area contributed by atoms with Crippen LogP contribution in [0.4, 0.5) is 0 Å². The van der Waals surface area contributed by atoms with E-state index in [1.54, 1.807) is 6.08 Å². The van der Waals surface area contributed by atoms with Gasteiger partial charge in [0.05, 0.1) is 7.11 Å². The molecule has 0 radical (unpaired) electrons. The number of allylic oxidation sites excluding steroid dienone is 3. The van der Waals surface area contributed by atoms with E-state index in [1.807, 2.05) is 19.9 Å². The molecule has 10 heavy (non-hydrogen) atoms. The fourth-order valence-corrected chi connectivity index (χ4v) is 0.387. The van der Waals surface area contributed by atoms with Gasteiger partial charge in [0.1, 0.15) is 0 Å². The fourth-order valence-electron chi connectivity index (χ4n) is 0.387. The quantitative estimate of drug-likeness (QED) is 0.331. The Morgan fingerprint density at radius 3 is 2.40 bits per heavy atom. The third kappa shape index (κ3) is 5.09. The van der Waals surface area contributed by atoms with Gasteiger partial charge < -0.3 is 4.74 Å². The molecule has 0 atom stereocenters. The van der Waals surface area contributed by atoms with Crippen molar-refractivity contribution in [1.82, 2.24) is 0 Å². The molecule has 0 aromatic carbocycles. The molecule has 0 fully saturated rings. The lowest BCUT2D eigenvalue weighted by Gasteiger charge is -1.86. The number of carbonyl (C=O) groups excluding carboxylic acids is 1. The second kappa shape index (κ2) is 4.79. The Morgan fingerprint density at radius 2 is 2.00 bits per heavy atom. The molecule has 0 aromatic rings. The maximum atomic E-state index is 10.5. The highest BCUT2D eigenvalue weighted by Gasteiger charge is 1.86. The summed E-state index contributed by atoms with van der Waals surface area (Å²) in [6.45, 7) is 3.92. The summed E-state index contributed by atoms with van der Waals surface area (Å²) in [5.74, 6) is -0.322. The molecule has 0 aliphatic heterocycles. The van der Waals surface area contributed by atoms with Crippen molar-refractivity contribution in [2.24, 2.45) is 0 Å². The molecule has 0 amide bonds. The van der Waals surface area contributed by atoms with Crippen LogP contribution in [0.25, 0.3) is 0 Å². The zero-order valence-electron chi connectivity index (χ0n) is 6.55. The van der Waals surface area contributed by atoms with E-state index < -0.39 is 0 Å². The van der Waals surface area contributed by atoms with Gasteiger partial charge in [-0.3, -0.25) is 0 Å². The molecule has 0 aliphatic rings. The van der Waals surface area contributed by atoms with Gasteiger partial charge in [0.15, 0.2) is 0 Å². The second-order valence-electron chi connectivity index (χ2n) is 2.13. The second-order valence-corrected chi connectivity index (χ2v) is 2.13. The van der Waals surface area contributed by atoms with Crippen LogP contribution in [0.1, 0.15) is 13.8 Å². The van der Waals surface area contributed by atoms with Crippen molar-refractivity contribution in [3.8, 4) is 0 Å². The van der Waals surface area contributed by atoms with Crippen molar-refractivity contribution in [2.45, 2.75) is 13.8 Å². The maximum absolute atomic E-state index is 10.5. The molecule has 0 saturated heterocycles. The van der Waals surface area contributed by atoms with E-state index >= 15 is 0 Å². The highest BCUT2D eigenvalue weighted by molar-refractivity contribution is 5.82. The van der Waals surface area contributed by atoms with Gasteiger partial charge in [0, 0.05) is 6.08 Å². The van der Waals surface area contributed by atoms with Gasteiger partial charge in [-0.2, -0.15) is 0 Å². The lowest BCUT2D eigenvalue weighted by molar-refractivity contribution is -0.134. The molecular weight excluding hydrogens is 128 g/mol. The predicted octanol–water partition coefficient (Wildman–Crippen LogP) is 1.68. The van der Waals surface area contributed by atoms with Gasteiger partial charge in [0.25, 0.3) is 0 Å². The van der Waals surface area contributed by atoms with Gasteiger partial charge in [-0.15, -0.1) is 0 Å². The van der Waals surface area contributed by atoms with Crippen molar-refractivity contribution in [3.05, 3.63) is 23.8 Å². The van der Waals surface area contributed by atoms with Crippen LogP contribution in [-0.4, -0.2) is 13.1 Å². The smallest absolute Gasteiger partial charge is 0.330 e. The minimum Gasteiger partial charge on any atom is -0.466 e. The van der Waals surface area contributed by atoms with Crippen LogP contribution in [0.3, 0.4) is 0 Å². The van der Waals surface area contributed by atoms with E-state index in [2.05, 4.69) is 4.74 Å². The normalized spacial score (nSPS) is 9.50. The van der Waals surface area contributed by atoms with Crippen molar-refractivity contribution in [1.29, 1.82) is 0 Å². The van der Waals surface area contributed by atoms with Crippen LogP contribution >= 0.6 is 0 Å². The average Bonchev–Trinajstić information content (AvgIpc) is 1.87. The molecule has 0 aromatic heterocycles. The van der Waals surface area contributed by atoms with Crippen molar-refractivity contribution in [3.63, 3.8) is 0 Å². The monoisotopic (exact) mass is 140 g/mol. The van der Waals surface area contributed by atoms with Gasteiger partial charge in [-0.1, -0.05) is 17.7 Å². The van der Waals surface area contributed by atoms with Crippen molar-refractivity contribution < 1.29 is 9.53 Å². The first-order chi connectivity index (χ1) is 4.66. The van der Waals surface area contributed by atoms with Crippen molar-refractivity contribution in [2.75, 3.05) is 7.11 Å². The molecule has 2 nitrogen and oxygen atoms in total. The summed E-state index contributed by atoms with van der Waals surface area (Å²) in [5, 5.41) is 0. The number of hydrogen-bond acceptors (Lipinski definition) is 2.